The summed E-state index contributed by atoms with van der Waals surface area (Å²) in [5.41, 5.74) is 1.47. The van der Waals surface area contributed by atoms with Crippen molar-refractivity contribution in [3.05, 3.63) is 23.4 Å². The van der Waals surface area contributed by atoms with Gasteiger partial charge in [0.25, 0.3) is 0 Å². The van der Waals surface area contributed by atoms with Crippen LogP contribution in [-0.2, 0) is 4.74 Å². The fraction of sp³-hybridized carbons (Fsp3) is 0.571. The second-order valence-corrected chi connectivity index (χ2v) is 4.65. The molecule has 0 fully saturated rings. The quantitative estimate of drug-likeness (QED) is 0.839. The Bertz CT molecular complexity index is 424. The summed E-state index contributed by atoms with van der Waals surface area (Å²) in [5, 5.41) is 12.3. The van der Waals surface area contributed by atoms with E-state index >= 15 is 0 Å². The van der Waals surface area contributed by atoms with Gasteiger partial charge in [-0.3, -0.25) is 0 Å². The summed E-state index contributed by atoms with van der Waals surface area (Å²) in [5.74, 6) is 1.18. The number of pyridine rings is 1. The van der Waals surface area contributed by atoms with E-state index in [0.717, 1.165) is 11.5 Å². The molecule has 1 rings (SSSR count). The monoisotopic (exact) mass is 247 g/mol. The van der Waals surface area contributed by atoms with Crippen LogP contribution in [0.2, 0.25) is 0 Å². The van der Waals surface area contributed by atoms with Crippen molar-refractivity contribution in [2.45, 2.75) is 33.7 Å². The predicted molar refractivity (Wildman–Crippen MR) is 72.4 cm³/mol. The van der Waals surface area contributed by atoms with Gasteiger partial charge < -0.3 is 10.1 Å². The lowest BCUT2D eigenvalue weighted by atomic mass is 10.1. The predicted octanol–water partition coefficient (Wildman–Crippen LogP) is 2.73. The van der Waals surface area contributed by atoms with Gasteiger partial charge >= 0.3 is 0 Å². The summed E-state index contributed by atoms with van der Waals surface area (Å²) in [6.45, 7) is 9.49. The number of ether oxygens (including phenoxy) is 1. The third-order valence-corrected chi connectivity index (χ3v) is 2.72. The molecule has 18 heavy (non-hydrogen) atoms. The zero-order chi connectivity index (χ0) is 13.5. The van der Waals surface area contributed by atoms with E-state index in [4.69, 9.17) is 10.00 Å². The SMILES string of the molecule is CCOCC(Nc1cc(C#N)cc(C)n1)C(C)C. The Labute approximate surface area is 109 Å². The molecule has 0 amide bonds. The highest BCUT2D eigenvalue weighted by Gasteiger charge is 2.14. The first kappa shape index (κ1) is 14.5. The van der Waals surface area contributed by atoms with Crippen LogP contribution in [0.25, 0.3) is 0 Å². The average Bonchev–Trinajstić information content (AvgIpc) is 2.33. The largest absolute Gasteiger partial charge is 0.380 e. The zero-order valence-electron chi connectivity index (χ0n) is 11.5. The van der Waals surface area contributed by atoms with Crippen LogP contribution >= 0.6 is 0 Å². The molecule has 0 aliphatic carbocycles. The topological polar surface area (TPSA) is 57.9 Å². The van der Waals surface area contributed by atoms with Crippen molar-refractivity contribution in [3.8, 4) is 6.07 Å². The molecule has 0 spiro atoms. The Morgan fingerprint density at radius 2 is 2.17 bits per heavy atom. The van der Waals surface area contributed by atoms with Crippen molar-refractivity contribution in [1.29, 1.82) is 5.26 Å². The van der Waals surface area contributed by atoms with Crippen molar-refractivity contribution >= 4 is 5.82 Å². The number of hydrogen-bond acceptors (Lipinski definition) is 4. The van der Waals surface area contributed by atoms with Crippen LogP contribution in [0, 0.1) is 24.2 Å². The van der Waals surface area contributed by atoms with Crippen molar-refractivity contribution in [2.75, 3.05) is 18.5 Å². The van der Waals surface area contributed by atoms with Crippen LogP contribution in [0.15, 0.2) is 12.1 Å². The number of rotatable bonds is 6. The number of nitriles is 1. The van der Waals surface area contributed by atoms with Gasteiger partial charge in [0.05, 0.1) is 24.3 Å². The van der Waals surface area contributed by atoms with Crippen molar-refractivity contribution in [3.63, 3.8) is 0 Å². The van der Waals surface area contributed by atoms with E-state index in [0.29, 0.717) is 24.7 Å². The molecule has 1 aromatic heterocycles. The summed E-state index contributed by atoms with van der Waals surface area (Å²) in [6, 6.07) is 5.89. The minimum atomic E-state index is 0.200. The number of hydrogen-bond donors (Lipinski definition) is 1. The summed E-state index contributed by atoms with van der Waals surface area (Å²) in [6.07, 6.45) is 0. The number of nitrogens with zero attached hydrogens (tertiary/aromatic N) is 2. The maximum atomic E-state index is 8.94. The first-order chi connectivity index (χ1) is 8.56. The van der Waals surface area contributed by atoms with Crippen LogP contribution in [0.3, 0.4) is 0 Å². The van der Waals surface area contributed by atoms with E-state index in [-0.39, 0.29) is 6.04 Å². The maximum absolute atomic E-state index is 8.94. The summed E-state index contributed by atoms with van der Waals surface area (Å²) in [7, 11) is 0. The van der Waals surface area contributed by atoms with E-state index in [2.05, 4.69) is 30.2 Å². The van der Waals surface area contributed by atoms with Gasteiger partial charge in [-0.1, -0.05) is 13.8 Å². The number of aromatic nitrogens is 1. The lowest BCUT2D eigenvalue weighted by molar-refractivity contribution is 0.126. The van der Waals surface area contributed by atoms with Crippen LogP contribution in [0.1, 0.15) is 32.0 Å². The highest BCUT2D eigenvalue weighted by Crippen LogP contribution is 2.14. The second-order valence-electron chi connectivity index (χ2n) is 4.65. The fourth-order valence-corrected chi connectivity index (χ4v) is 1.64. The zero-order valence-corrected chi connectivity index (χ0v) is 11.5. The highest BCUT2D eigenvalue weighted by atomic mass is 16.5. The molecular weight excluding hydrogens is 226 g/mol. The molecule has 4 nitrogen and oxygen atoms in total. The summed E-state index contributed by atoms with van der Waals surface area (Å²) < 4.78 is 5.46. The standard InChI is InChI=1S/C14H21N3O/c1-5-18-9-13(10(2)3)17-14-7-12(8-15)6-11(4)16-14/h6-7,10,13H,5,9H2,1-4H3,(H,16,17). The van der Waals surface area contributed by atoms with Crippen LogP contribution in [0.5, 0.6) is 0 Å². The fourth-order valence-electron chi connectivity index (χ4n) is 1.64. The summed E-state index contributed by atoms with van der Waals surface area (Å²) >= 11 is 0. The molecular formula is C14H21N3O. The third-order valence-electron chi connectivity index (χ3n) is 2.72. The molecule has 0 saturated heterocycles. The van der Waals surface area contributed by atoms with Crippen LogP contribution < -0.4 is 5.32 Å². The van der Waals surface area contributed by atoms with Crippen molar-refractivity contribution in [1.82, 2.24) is 4.98 Å². The minimum Gasteiger partial charge on any atom is -0.380 e. The normalized spacial score (nSPS) is 12.2. The number of aryl methyl sites for hydroxylation is 1. The first-order valence-corrected chi connectivity index (χ1v) is 6.29. The van der Waals surface area contributed by atoms with Crippen molar-refractivity contribution in [2.24, 2.45) is 5.92 Å². The van der Waals surface area contributed by atoms with Gasteiger partial charge in [-0.2, -0.15) is 5.26 Å². The molecule has 0 bridgehead atoms. The molecule has 4 heteroatoms. The molecule has 1 atom stereocenters. The van der Waals surface area contributed by atoms with Gasteiger partial charge in [0, 0.05) is 12.3 Å². The van der Waals surface area contributed by atoms with Gasteiger partial charge in [-0.15, -0.1) is 0 Å². The number of anilines is 1. The molecule has 98 valence electrons. The van der Waals surface area contributed by atoms with E-state index < -0.39 is 0 Å². The lowest BCUT2D eigenvalue weighted by Gasteiger charge is -2.22. The van der Waals surface area contributed by atoms with Gasteiger partial charge in [0.2, 0.25) is 0 Å². The van der Waals surface area contributed by atoms with E-state index in [9.17, 15) is 0 Å². The van der Waals surface area contributed by atoms with Gasteiger partial charge in [-0.05, 0) is 31.9 Å². The van der Waals surface area contributed by atoms with E-state index in [1.807, 2.05) is 13.8 Å². The molecule has 0 radical (unpaired) electrons. The average molecular weight is 247 g/mol. The summed E-state index contributed by atoms with van der Waals surface area (Å²) in [4.78, 5) is 4.39. The van der Waals surface area contributed by atoms with Crippen molar-refractivity contribution < 1.29 is 4.74 Å². The highest BCUT2D eigenvalue weighted by molar-refractivity contribution is 5.45. The van der Waals surface area contributed by atoms with Gasteiger partial charge in [0.15, 0.2) is 0 Å². The Kier molecular flexibility index (Phi) is 5.60. The first-order valence-electron chi connectivity index (χ1n) is 6.29. The lowest BCUT2D eigenvalue weighted by Crippen LogP contribution is -2.31. The van der Waals surface area contributed by atoms with E-state index in [1.54, 1.807) is 12.1 Å². The molecule has 0 aromatic carbocycles. The molecule has 1 unspecified atom stereocenters. The van der Waals surface area contributed by atoms with Gasteiger partial charge in [-0.25, -0.2) is 4.98 Å². The second kappa shape index (κ2) is 6.97. The Hall–Kier alpha value is -1.60. The molecule has 1 heterocycles. The molecule has 1 N–H and O–H groups in total. The molecule has 1 aromatic rings. The van der Waals surface area contributed by atoms with Crippen LogP contribution in [0.4, 0.5) is 5.82 Å². The molecule has 0 aliphatic heterocycles. The smallest absolute Gasteiger partial charge is 0.127 e. The van der Waals surface area contributed by atoms with Gasteiger partial charge in [0.1, 0.15) is 5.82 Å². The third kappa shape index (κ3) is 4.34. The molecule has 0 aliphatic rings. The minimum absolute atomic E-state index is 0.200. The van der Waals surface area contributed by atoms with E-state index in [1.165, 1.54) is 0 Å². The Morgan fingerprint density at radius 3 is 2.72 bits per heavy atom. The number of nitrogens with one attached hydrogen (secondary N) is 1. The Morgan fingerprint density at radius 1 is 1.44 bits per heavy atom. The van der Waals surface area contributed by atoms with Crippen LogP contribution in [-0.4, -0.2) is 24.2 Å². The Balaban J connectivity index is 2.80. The maximum Gasteiger partial charge on any atom is 0.127 e. The molecule has 0 saturated carbocycles.